The fraction of sp³-hybridized carbons (Fsp3) is 0.375. The van der Waals surface area contributed by atoms with Gasteiger partial charge in [-0.05, 0) is 36.1 Å². The second-order valence-electron chi connectivity index (χ2n) is 8.56. The molecule has 0 spiro atoms. The van der Waals surface area contributed by atoms with Crippen LogP contribution >= 0.6 is 11.8 Å². The predicted octanol–water partition coefficient (Wildman–Crippen LogP) is 3.43. The Balaban J connectivity index is 1.84. The van der Waals surface area contributed by atoms with Crippen LogP contribution in [-0.4, -0.2) is 61.0 Å². The summed E-state index contributed by atoms with van der Waals surface area (Å²) in [5.41, 5.74) is 1.40. The summed E-state index contributed by atoms with van der Waals surface area (Å²) in [4.78, 5) is 29.9. The first-order valence-electron chi connectivity index (χ1n) is 11.4. The van der Waals surface area contributed by atoms with Crippen molar-refractivity contribution in [2.24, 2.45) is 10.9 Å². The van der Waals surface area contributed by atoms with Crippen molar-refractivity contribution in [2.75, 3.05) is 17.6 Å². The van der Waals surface area contributed by atoms with Gasteiger partial charge in [0, 0.05) is 5.75 Å². The number of carbonyl (C=O) groups is 2. The number of alkyl halides is 3. The zero-order valence-electron chi connectivity index (χ0n) is 20.1. The predicted molar refractivity (Wildman–Crippen MR) is 137 cm³/mol. The van der Waals surface area contributed by atoms with Crippen LogP contribution < -0.4 is 10.0 Å². The molecule has 1 heterocycles. The number of aliphatic imine (C=N–C) groups is 1. The molecule has 0 saturated carbocycles. The molecule has 0 fully saturated rings. The topological polar surface area (TPSA) is 134 Å². The number of nitrogens with zero attached hydrogens (tertiary/aromatic N) is 1. The molecule has 0 radical (unpaired) electrons. The zero-order valence-corrected chi connectivity index (χ0v) is 21.8. The first kappa shape index (κ1) is 29.5. The maximum Gasteiger partial charge on any atom is 0.391 e. The minimum absolute atomic E-state index is 0.0540. The summed E-state index contributed by atoms with van der Waals surface area (Å²) in [5, 5.41) is 3.04. The van der Waals surface area contributed by atoms with Gasteiger partial charge in [-0.25, -0.2) is 0 Å². The van der Waals surface area contributed by atoms with Gasteiger partial charge in [-0.15, -0.1) is 11.8 Å². The number of nitrogens with one attached hydrogen (secondary N) is 2. The zero-order chi connectivity index (χ0) is 27.9. The number of anilines is 1. The molecule has 0 aliphatic carbocycles. The largest absolute Gasteiger partial charge is 0.468 e. The Kier molecular flexibility index (Phi) is 9.79. The van der Waals surface area contributed by atoms with Gasteiger partial charge in [-0.2, -0.15) is 21.6 Å². The normalized spacial score (nSPS) is 17.3. The Morgan fingerprint density at radius 1 is 1.11 bits per heavy atom. The SMILES string of the molecule is COC(=O)[C@@H](Cc1ccccc1)C(=O)N[C@@H](Cc1ccc(NS(=O)(=O)O)cc1)C1=NC(CC(F)(F)F)CS1. The molecule has 2 aromatic rings. The molecular weight excluding hydrogens is 547 g/mol. The van der Waals surface area contributed by atoms with Crippen LogP contribution in [-0.2, 0) is 37.5 Å². The molecule has 3 atom stereocenters. The number of thioether (sulfide) groups is 1. The molecule has 1 aliphatic heterocycles. The van der Waals surface area contributed by atoms with Crippen molar-refractivity contribution in [2.45, 2.75) is 37.5 Å². The Labute approximate surface area is 222 Å². The highest BCUT2D eigenvalue weighted by Gasteiger charge is 2.37. The van der Waals surface area contributed by atoms with E-state index < -0.39 is 52.8 Å². The van der Waals surface area contributed by atoms with Gasteiger partial charge in [0.1, 0.15) is 5.92 Å². The van der Waals surface area contributed by atoms with Crippen molar-refractivity contribution in [3.63, 3.8) is 0 Å². The molecule has 9 nitrogen and oxygen atoms in total. The van der Waals surface area contributed by atoms with Crippen molar-refractivity contribution in [1.29, 1.82) is 0 Å². The van der Waals surface area contributed by atoms with E-state index in [2.05, 4.69) is 10.3 Å². The molecule has 38 heavy (non-hydrogen) atoms. The monoisotopic (exact) mass is 573 g/mol. The van der Waals surface area contributed by atoms with Gasteiger partial charge < -0.3 is 10.1 Å². The van der Waals surface area contributed by atoms with Crippen LogP contribution in [0.1, 0.15) is 17.5 Å². The third kappa shape index (κ3) is 9.33. The van der Waals surface area contributed by atoms with Crippen LogP contribution in [0.2, 0.25) is 0 Å². The number of halogens is 3. The van der Waals surface area contributed by atoms with E-state index >= 15 is 0 Å². The highest BCUT2D eigenvalue weighted by molar-refractivity contribution is 8.14. The van der Waals surface area contributed by atoms with Gasteiger partial charge in [0.2, 0.25) is 5.91 Å². The Morgan fingerprint density at radius 3 is 2.32 bits per heavy atom. The van der Waals surface area contributed by atoms with E-state index in [9.17, 15) is 31.2 Å². The van der Waals surface area contributed by atoms with E-state index in [1.807, 2.05) is 4.72 Å². The molecule has 3 N–H and O–H groups in total. The quantitative estimate of drug-likeness (QED) is 0.213. The molecule has 2 aromatic carbocycles. The van der Waals surface area contributed by atoms with Gasteiger partial charge >= 0.3 is 22.4 Å². The number of esters is 1. The van der Waals surface area contributed by atoms with Gasteiger partial charge in [0.25, 0.3) is 0 Å². The maximum absolute atomic E-state index is 13.3. The third-order valence-corrected chi connectivity index (χ3v) is 7.27. The number of benzene rings is 2. The second-order valence-corrected chi connectivity index (χ2v) is 10.8. The van der Waals surface area contributed by atoms with Crippen LogP contribution in [0.15, 0.2) is 59.6 Å². The van der Waals surface area contributed by atoms with Gasteiger partial charge in [0.05, 0.1) is 36.3 Å². The molecule has 0 bridgehead atoms. The van der Waals surface area contributed by atoms with Crippen molar-refractivity contribution < 1.29 is 40.5 Å². The van der Waals surface area contributed by atoms with Crippen LogP contribution in [0.3, 0.4) is 0 Å². The second kappa shape index (κ2) is 12.6. The average molecular weight is 574 g/mol. The molecule has 1 unspecified atom stereocenters. The molecule has 0 aromatic heterocycles. The molecular formula is C24H26F3N3O6S2. The van der Waals surface area contributed by atoms with Crippen molar-refractivity contribution in [3.8, 4) is 0 Å². The highest BCUT2D eigenvalue weighted by atomic mass is 32.2. The van der Waals surface area contributed by atoms with Gasteiger partial charge in [0.15, 0.2) is 0 Å². The first-order valence-corrected chi connectivity index (χ1v) is 13.8. The molecule has 206 valence electrons. The molecule has 3 rings (SSSR count). The lowest BCUT2D eigenvalue weighted by Gasteiger charge is -2.22. The number of ether oxygens (including phenoxy) is 1. The summed E-state index contributed by atoms with van der Waals surface area (Å²) in [5.74, 6) is -2.55. The standard InChI is InChI=1S/C24H26F3N3O6S2/c1-36-23(32)19(11-15-5-3-2-4-6-15)21(31)29-20(22-28-18(14-37-22)13-24(25,26)27)12-16-7-9-17(10-8-16)30-38(33,34)35/h2-10,18-20,30H,11-14H2,1H3,(H,29,31)(H,33,34,35)/t18?,19-,20-/m0/s1. The Hall–Kier alpha value is -3.10. The first-order chi connectivity index (χ1) is 17.8. The fourth-order valence-electron chi connectivity index (χ4n) is 3.84. The van der Waals surface area contributed by atoms with E-state index in [4.69, 9.17) is 9.29 Å². The molecule has 14 heteroatoms. The molecule has 1 aliphatic rings. The van der Waals surface area contributed by atoms with Crippen molar-refractivity contribution in [1.82, 2.24) is 5.32 Å². The summed E-state index contributed by atoms with van der Waals surface area (Å²) < 4.78 is 76.5. The minimum atomic E-state index is -4.47. The molecule has 0 saturated heterocycles. The number of hydrogen-bond acceptors (Lipinski definition) is 7. The lowest BCUT2D eigenvalue weighted by Crippen LogP contribution is -2.46. The van der Waals surface area contributed by atoms with E-state index in [1.165, 1.54) is 24.3 Å². The Morgan fingerprint density at radius 2 is 1.74 bits per heavy atom. The highest BCUT2D eigenvalue weighted by Crippen LogP contribution is 2.31. The number of rotatable bonds is 11. The number of carbonyl (C=O) groups excluding carboxylic acids is 2. The van der Waals surface area contributed by atoms with E-state index in [1.54, 1.807) is 30.3 Å². The number of hydrogen-bond donors (Lipinski definition) is 3. The maximum atomic E-state index is 13.3. The molecule has 1 amide bonds. The summed E-state index contributed by atoms with van der Waals surface area (Å²) in [6.07, 6.45) is -5.34. The lowest BCUT2D eigenvalue weighted by atomic mass is 9.97. The smallest absolute Gasteiger partial charge is 0.391 e. The van der Waals surface area contributed by atoms with Gasteiger partial charge in [-0.1, -0.05) is 42.5 Å². The lowest BCUT2D eigenvalue weighted by molar-refractivity contribution is -0.150. The summed E-state index contributed by atoms with van der Waals surface area (Å²) in [7, 11) is -3.32. The van der Waals surface area contributed by atoms with E-state index in [0.29, 0.717) is 11.1 Å². The van der Waals surface area contributed by atoms with Crippen molar-refractivity contribution in [3.05, 3.63) is 65.7 Å². The van der Waals surface area contributed by atoms with Crippen molar-refractivity contribution >= 4 is 44.7 Å². The third-order valence-electron chi connectivity index (χ3n) is 5.54. The average Bonchev–Trinajstić information content (AvgIpc) is 3.29. The summed E-state index contributed by atoms with van der Waals surface area (Å²) in [6, 6.07) is 12.8. The number of amides is 1. The fourth-order valence-corrected chi connectivity index (χ4v) is 5.40. The van der Waals surface area contributed by atoms with E-state index in [0.717, 1.165) is 18.9 Å². The summed E-state index contributed by atoms with van der Waals surface area (Å²) >= 11 is 1.10. The minimum Gasteiger partial charge on any atom is -0.468 e. The van der Waals surface area contributed by atoms with Crippen LogP contribution in [0.25, 0.3) is 0 Å². The van der Waals surface area contributed by atoms with Crippen LogP contribution in [0, 0.1) is 5.92 Å². The van der Waals surface area contributed by atoms with Crippen LogP contribution in [0.5, 0.6) is 0 Å². The van der Waals surface area contributed by atoms with Gasteiger partial charge in [-0.3, -0.25) is 23.9 Å². The number of methoxy groups -OCH3 is 1. The summed E-state index contributed by atoms with van der Waals surface area (Å²) in [6.45, 7) is 0. The van der Waals surface area contributed by atoms with Crippen LogP contribution in [0.4, 0.5) is 18.9 Å². The Bertz CT molecular complexity index is 1260. The van der Waals surface area contributed by atoms with E-state index in [-0.39, 0.29) is 29.3 Å².